The van der Waals surface area contributed by atoms with Crippen molar-refractivity contribution in [3.63, 3.8) is 0 Å². The summed E-state index contributed by atoms with van der Waals surface area (Å²) in [6, 6.07) is 9.00. The Balaban J connectivity index is 0.000000616. The van der Waals surface area contributed by atoms with Crippen molar-refractivity contribution < 1.29 is 52.3 Å². The maximum atomic E-state index is 13.7. The van der Waals surface area contributed by atoms with Gasteiger partial charge in [0.05, 0.1) is 52.6 Å². The lowest BCUT2D eigenvalue weighted by molar-refractivity contribution is -0.176. The molecular weight excluding hydrogens is 742 g/mol. The minimum atomic E-state index is -0.942. The summed E-state index contributed by atoms with van der Waals surface area (Å²) >= 11 is 0. The number of nitrogens with zero attached hydrogens (tertiary/aromatic N) is 3. The van der Waals surface area contributed by atoms with E-state index < -0.39 is 36.2 Å². The second-order valence-corrected chi connectivity index (χ2v) is 14.0. The van der Waals surface area contributed by atoms with Gasteiger partial charge in [0.2, 0.25) is 11.7 Å². The van der Waals surface area contributed by atoms with E-state index in [2.05, 4.69) is 20.9 Å². The molecule has 3 aliphatic rings. The number of fused-ring (bicyclic) bond motifs is 6. The molecule has 1 aromatic heterocycles. The van der Waals surface area contributed by atoms with E-state index in [0.717, 1.165) is 37.2 Å². The average Bonchev–Trinajstić information content (AvgIpc) is 3.57. The second kappa shape index (κ2) is 18.5. The molecule has 1 aliphatic carbocycles. The number of aliphatic imine (C=N–C) groups is 1. The maximum Gasteiger partial charge on any atom is 0.514 e. The molecule has 0 spiro atoms. The Kier molecular flexibility index (Phi) is 13.7. The standard InChI is InChI=1S/C35H42N2O11.C4H11N5/c1-7-46-35(40)48-31-26(42-3)12-18(13-27(31)43-4)33(38)47-28-14-19-17-37-11-10-22-21-9-8-20(41-2)15-24(21)36-30(22)25(37)16-23(19)29(32(28)44-5)34(39)45-6;1-9(2)4(7)8-3(5)6/h8-9,12-13,15,19,23,25,28-29,32,36H,7,10-11,14,16-17H2,1-6H3;1-2H3,(H5,5,6,7,8)/t19-,23+,25-,28-,29+,32+;/m1./s1. The number of piperidine rings is 1. The maximum absolute atomic E-state index is 13.7. The van der Waals surface area contributed by atoms with Gasteiger partial charge in [-0.25, -0.2) is 9.59 Å². The molecule has 2 fully saturated rings. The van der Waals surface area contributed by atoms with Crippen molar-refractivity contribution >= 4 is 40.9 Å². The van der Waals surface area contributed by atoms with Crippen LogP contribution in [-0.2, 0) is 30.2 Å². The predicted molar refractivity (Wildman–Crippen MR) is 209 cm³/mol. The lowest BCUT2D eigenvalue weighted by Gasteiger charge is -2.52. The second-order valence-electron chi connectivity index (χ2n) is 14.0. The molecule has 57 heavy (non-hydrogen) atoms. The van der Waals surface area contributed by atoms with Crippen LogP contribution in [0.15, 0.2) is 35.3 Å². The van der Waals surface area contributed by atoms with Gasteiger partial charge in [0, 0.05) is 57.0 Å². The van der Waals surface area contributed by atoms with Crippen molar-refractivity contribution in [1.82, 2.24) is 14.8 Å². The highest BCUT2D eigenvalue weighted by molar-refractivity contribution is 5.92. The van der Waals surface area contributed by atoms with Crippen LogP contribution in [0, 0.1) is 23.2 Å². The number of aromatic nitrogens is 1. The molecule has 3 heterocycles. The summed E-state index contributed by atoms with van der Waals surface area (Å²) < 4.78 is 43.8. The van der Waals surface area contributed by atoms with Gasteiger partial charge in [0.25, 0.3) is 0 Å². The van der Waals surface area contributed by atoms with Crippen molar-refractivity contribution in [3.8, 4) is 23.0 Å². The number of methoxy groups -OCH3 is 5. The third-order valence-corrected chi connectivity index (χ3v) is 10.7. The van der Waals surface area contributed by atoms with Crippen molar-refractivity contribution in [2.45, 2.75) is 44.4 Å². The molecule has 6 atom stereocenters. The normalized spacial score (nSPS) is 22.2. The van der Waals surface area contributed by atoms with Crippen LogP contribution in [0.3, 0.4) is 0 Å². The fourth-order valence-electron chi connectivity index (χ4n) is 8.11. The molecule has 18 nitrogen and oxygen atoms in total. The summed E-state index contributed by atoms with van der Waals surface area (Å²) in [7, 11) is 10.7. The molecular formula is C39H53N7O11. The third-order valence-electron chi connectivity index (χ3n) is 10.7. The molecule has 0 amide bonds. The zero-order valence-electron chi connectivity index (χ0n) is 33.6. The van der Waals surface area contributed by atoms with E-state index in [0.29, 0.717) is 6.42 Å². The van der Waals surface area contributed by atoms with E-state index in [1.807, 2.05) is 12.1 Å². The molecule has 6 N–H and O–H groups in total. The summed E-state index contributed by atoms with van der Waals surface area (Å²) in [5, 5.41) is 8.24. The van der Waals surface area contributed by atoms with Gasteiger partial charge >= 0.3 is 18.1 Å². The van der Waals surface area contributed by atoms with Gasteiger partial charge in [-0.3, -0.25) is 15.1 Å². The molecule has 310 valence electrons. The number of hydrogen-bond acceptors (Lipinski definition) is 13. The highest BCUT2D eigenvalue weighted by Gasteiger charge is 2.54. The van der Waals surface area contributed by atoms with Gasteiger partial charge in [-0.15, -0.1) is 0 Å². The summed E-state index contributed by atoms with van der Waals surface area (Å²) in [6.07, 6.45) is -0.298. The van der Waals surface area contributed by atoms with E-state index in [9.17, 15) is 14.4 Å². The Bertz CT molecular complexity index is 1950. The van der Waals surface area contributed by atoms with Crippen molar-refractivity contribution in [2.75, 3.05) is 69.3 Å². The highest BCUT2D eigenvalue weighted by Crippen LogP contribution is 2.51. The van der Waals surface area contributed by atoms with Crippen molar-refractivity contribution in [1.29, 1.82) is 5.41 Å². The van der Waals surface area contributed by atoms with E-state index in [4.69, 9.17) is 54.8 Å². The van der Waals surface area contributed by atoms with E-state index >= 15 is 0 Å². The van der Waals surface area contributed by atoms with Crippen LogP contribution in [0.2, 0.25) is 0 Å². The SMILES string of the molecule is CCOC(=O)Oc1c(OC)cc(C(=O)O[C@@H]2C[C@@H]3CN4CCc5c([nH]c6cc(OC)ccc56)[C@H]4C[C@@H]3[C@H](C(=O)OC)[C@H]2OC)cc1OC.CN(C)C(=N)N=C(N)N. The molecule has 1 saturated carbocycles. The molecule has 2 aromatic carbocycles. The Morgan fingerprint density at radius 3 is 2.26 bits per heavy atom. The van der Waals surface area contributed by atoms with Gasteiger partial charge in [0.1, 0.15) is 18.0 Å². The number of ether oxygens (including phenoxy) is 8. The zero-order chi connectivity index (χ0) is 41.6. The molecule has 2 aliphatic heterocycles. The third kappa shape index (κ3) is 9.12. The number of nitrogens with one attached hydrogen (secondary N) is 2. The predicted octanol–water partition coefficient (Wildman–Crippen LogP) is 3.45. The molecule has 0 unspecified atom stereocenters. The van der Waals surface area contributed by atoms with Crippen LogP contribution >= 0.6 is 0 Å². The minimum Gasteiger partial charge on any atom is -0.497 e. The van der Waals surface area contributed by atoms with E-state index in [-0.39, 0.29) is 59.2 Å². The number of guanidine groups is 2. The van der Waals surface area contributed by atoms with Crippen LogP contribution in [0.25, 0.3) is 10.9 Å². The van der Waals surface area contributed by atoms with Crippen LogP contribution in [0.1, 0.15) is 47.4 Å². The number of rotatable bonds is 9. The number of H-pyrrole nitrogens is 1. The number of nitrogens with two attached hydrogens (primary N) is 2. The molecule has 1 saturated heterocycles. The molecule has 3 aromatic rings. The number of esters is 2. The van der Waals surface area contributed by atoms with Crippen LogP contribution in [0.5, 0.6) is 23.0 Å². The van der Waals surface area contributed by atoms with Gasteiger partial charge in [0.15, 0.2) is 17.5 Å². The van der Waals surface area contributed by atoms with Gasteiger partial charge in [-0.1, -0.05) is 0 Å². The largest absolute Gasteiger partial charge is 0.514 e. The first-order valence-corrected chi connectivity index (χ1v) is 18.5. The smallest absolute Gasteiger partial charge is 0.497 e. The first kappa shape index (κ1) is 42.4. The first-order chi connectivity index (χ1) is 27.3. The monoisotopic (exact) mass is 795 g/mol. The lowest BCUT2D eigenvalue weighted by Crippen LogP contribution is -2.58. The number of carbonyl (C=O) groups excluding carboxylic acids is 3. The highest BCUT2D eigenvalue weighted by atomic mass is 16.7. The molecule has 0 bridgehead atoms. The van der Waals surface area contributed by atoms with Crippen molar-refractivity contribution in [2.24, 2.45) is 34.2 Å². The number of carbonyl (C=O) groups is 3. The summed E-state index contributed by atoms with van der Waals surface area (Å²) in [4.78, 5) is 50.3. The quantitative estimate of drug-likeness (QED) is 0.0798. The van der Waals surface area contributed by atoms with Crippen LogP contribution < -0.4 is 30.4 Å². The van der Waals surface area contributed by atoms with Gasteiger partial charge < -0.3 is 59.2 Å². The molecule has 6 rings (SSSR count). The van der Waals surface area contributed by atoms with Crippen LogP contribution in [-0.4, -0.2) is 126 Å². The number of hydrogen-bond donors (Lipinski definition) is 4. The molecule has 0 radical (unpaired) electrons. The Morgan fingerprint density at radius 1 is 1.00 bits per heavy atom. The Hall–Kier alpha value is -5.75. The summed E-state index contributed by atoms with van der Waals surface area (Å²) in [6.45, 7) is 3.37. The fraction of sp³-hybridized carbons (Fsp3) is 0.513. The number of aromatic amines is 1. The zero-order valence-corrected chi connectivity index (χ0v) is 33.6. The van der Waals surface area contributed by atoms with Crippen LogP contribution in [0.4, 0.5) is 4.79 Å². The summed E-state index contributed by atoms with van der Waals surface area (Å²) in [5.74, 6) is -0.871. The fourth-order valence-corrected chi connectivity index (χ4v) is 8.11. The molecule has 18 heteroatoms. The minimum absolute atomic E-state index is 0.0356. The number of benzene rings is 2. The van der Waals surface area contributed by atoms with Gasteiger partial charge in [-0.2, -0.15) is 4.99 Å². The topological polar surface area (TPSA) is 236 Å². The van der Waals surface area contributed by atoms with E-state index in [1.165, 1.54) is 62.1 Å². The summed E-state index contributed by atoms with van der Waals surface area (Å²) in [5.41, 5.74) is 13.6. The first-order valence-electron chi connectivity index (χ1n) is 18.5. The van der Waals surface area contributed by atoms with E-state index in [1.54, 1.807) is 28.1 Å². The Morgan fingerprint density at radius 2 is 1.70 bits per heavy atom. The van der Waals surface area contributed by atoms with Crippen molar-refractivity contribution in [3.05, 3.63) is 47.2 Å². The van der Waals surface area contributed by atoms with Gasteiger partial charge in [-0.05, 0) is 67.9 Å². The Labute approximate surface area is 331 Å². The average molecular weight is 796 g/mol. The lowest BCUT2D eigenvalue weighted by atomic mass is 9.63.